The standard InChI is InChI=1S/C7H7NO2S2/c9-6(10)4-12-7(11)5-2-1-3-8-5/h1-3,8H,4H2,(H,9,10). The van der Waals surface area contributed by atoms with Gasteiger partial charge >= 0.3 is 5.97 Å². The van der Waals surface area contributed by atoms with E-state index < -0.39 is 5.97 Å². The number of hydrogen-bond donors (Lipinski definition) is 2. The van der Waals surface area contributed by atoms with Crippen LogP contribution in [0.1, 0.15) is 5.69 Å². The monoisotopic (exact) mass is 201 g/mol. The highest BCUT2D eigenvalue weighted by molar-refractivity contribution is 8.24. The molecule has 1 heterocycles. The molecule has 3 nitrogen and oxygen atoms in total. The fraction of sp³-hybridized carbons (Fsp3) is 0.143. The second-order valence-corrected chi connectivity index (χ2v) is 3.71. The molecule has 0 bridgehead atoms. The summed E-state index contributed by atoms with van der Waals surface area (Å²) in [6, 6.07) is 3.64. The van der Waals surface area contributed by atoms with Crippen LogP contribution in [-0.4, -0.2) is 26.0 Å². The highest BCUT2D eigenvalue weighted by atomic mass is 32.2. The first-order valence-corrected chi connectivity index (χ1v) is 4.62. The lowest BCUT2D eigenvalue weighted by Gasteiger charge is -1.96. The molecule has 1 aromatic heterocycles. The van der Waals surface area contributed by atoms with Crippen molar-refractivity contribution in [2.45, 2.75) is 0 Å². The Labute approximate surface area is 79.2 Å². The number of H-pyrrole nitrogens is 1. The van der Waals surface area contributed by atoms with Crippen molar-refractivity contribution >= 4 is 34.1 Å². The minimum absolute atomic E-state index is 0.0118. The molecule has 0 fully saturated rings. The van der Waals surface area contributed by atoms with E-state index in [0.29, 0.717) is 4.20 Å². The van der Waals surface area contributed by atoms with Gasteiger partial charge in [-0.15, -0.1) is 11.8 Å². The van der Waals surface area contributed by atoms with Gasteiger partial charge in [-0.2, -0.15) is 0 Å². The Morgan fingerprint density at radius 1 is 1.75 bits per heavy atom. The molecule has 12 heavy (non-hydrogen) atoms. The topological polar surface area (TPSA) is 53.1 Å². The molecule has 5 heteroatoms. The van der Waals surface area contributed by atoms with Crippen LogP contribution < -0.4 is 0 Å². The van der Waals surface area contributed by atoms with Crippen molar-refractivity contribution in [3.63, 3.8) is 0 Å². The summed E-state index contributed by atoms with van der Waals surface area (Å²) in [5.74, 6) is -0.841. The zero-order valence-electron chi connectivity index (χ0n) is 6.11. The van der Waals surface area contributed by atoms with Crippen LogP contribution in [0.4, 0.5) is 0 Å². The molecule has 2 N–H and O–H groups in total. The molecule has 0 spiro atoms. The number of carbonyl (C=O) groups is 1. The second kappa shape index (κ2) is 4.27. The van der Waals surface area contributed by atoms with E-state index in [0.717, 1.165) is 17.5 Å². The SMILES string of the molecule is O=C(O)CSC(=S)c1ccc[nH]1. The van der Waals surface area contributed by atoms with E-state index in [1.54, 1.807) is 6.20 Å². The van der Waals surface area contributed by atoms with Crippen molar-refractivity contribution in [2.75, 3.05) is 5.75 Å². The minimum Gasteiger partial charge on any atom is -0.481 e. The summed E-state index contributed by atoms with van der Waals surface area (Å²) < 4.78 is 0.586. The molecule has 1 aromatic rings. The Kier molecular flexibility index (Phi) is 3.31. The van der Waals surface area contributed by atoms with E-state index in [1.165, 1.54) is 0 Å². The van der Waals surface area contributed by atoms with Crippen LogP contribution in [-0.2, 0) is 4.79 Å². The van der Waals surface area contributed by atoms with Gasteiger partial charge in [0.15, 0.2) is 0 Å². The molecular formula is C7H7NO2S2. The van der Waals surface area contributed by atoms with Crippen LogP contribution in [0.3, 0.4) is 0 Å². The van der Waals surface area contributed by atoms with Gasteiger partial charge in [0.1, 0.15) is 0 Å². The lowest BCUT2D eigenvalue weighted by atomic mass is 10.5. The number of hydrogen-bond acceptors (Lipinski definition) is 3. The third-order valence-corrected chi connectivity index (χ3v) is 2.59. The van der Waals surface area contributed by atoms with Gasteiger partial charge in [0, 0.05) is 6.20 Å². The maximum Gasteiger partial charge on any atom is 0.313 e. The van der Waals surface area contributed by atoms with Crippen molar-refractivity contribution in [2.24, 2.45) is 0 Å². The van der Waals surface area contributed by atoms with Gasteiger partial charge in [-0.05, 0) is 12.1 Å². The second-order valence-electron chi connectivity index (χ2n) is 2.05. The zero-order chi connectivity index (χ0) is 8.97. The third-order valence-electron chi connectivity index (χ3n) is 1.14. The summed E-state index contributed by atoms with van der Waals surface area (Å²) in [6.45, 7) is 0. The van der Waals surface area contributed by atoms with Crippen molar-refractivity contribution in [3.8, 4) is 0 Å². The predicted molar refractivity (Wildman–Crippen MR) is 52.6 cm³/mol. The first-order valence-electron chi connectivity index (χ1n) is 3.22. The van der Waals surface area contributed by atoms with E-state index >= 15 is 0 Å². The van der Waals surface area contributed by atoms with E-state index in [9.17, 15) is 4.79 Å². The van der Waals surface area contributed by atoms with Crippen LogP contribution in [0.2, 0.25) is 0 Å². The molecule has 0 aromatic carbocycles. The van der Waals surface area contributed by atoms with Crippen molar-refractivity contribution in [1.82, 2.24) is 4.98 Å². The Morgan fingerprint density at radius 3 is 3.00 bits per heavy atom. The summed E-state index contributed by atoms with van der Waals surface area (Å²) in [6.07, 6.45) is 1.75. The molecule has 0 aliphatic heterocycles. The largest absolute Gasteiger partial charge is 0.481 e. The van der Waals surface area contributed by atoms with Crippen LogP contribution in [0, 0.1) is 0 Å². The summed E-state index contributed by atoms with van der Waals surface area (Å²) in [4.78, 5) is 13.1. The number of thiocarbonyl (C=S) groups is 1. The summed E-state index contributed by atoms with van der Waals surface area (Å²) in [7, 11) is 0. The number of thioether (sulfide) groups is 1. The van der Waals surface area contributed by atoms with E-state index in [2.05, 4.69) is 4.98 Å². The fourth-order valence-electron chi connectivity index (χ4n) is 0.662. The molecular weight excluding hydrogens is 194 g/mol. The van der Waals surface area contributed by atoms with Gasteiger partial charge in [-0.1, -0.05) is 12.2 Å². The first-order chi connectivity index (χ1) is 5.70. The van der Waals surface area contributed by atoms with Crippen molar-refractivity contribution in [1.29, 1.82) is 0 Å². The number of aromatic amines is 1. The minimum atomic E-state index is -0.853. The van der Waals surface area contributed by atoms with E-state index in [4.69, 9.17) is 17.3 Å². The highest BCUT2D eigenvalue weighted by Gasteiger charge is 2.04. The fourth-order valence-corrected chi connectivity index (χ4v) is 1.50. The smallest absolute Gasteiger partial charge is 0.313 e. The van der Waals surface area contributed by atoms with Crippen LogP contribution in [0.25, 0.3) is 0 Å². The average molecular weight is 201 g/mol. The summed E-state index contributed by atoms with van der Waals surface area (Å²) in [5.41, 5.74) is 0.802. The van der Waals surface area contributed by atoms with Gasteiger partial charge < -0.3 is 10.1 Å². The number of carboxylic acid groups (broad SMARTS) is 1. The molecule has 0 aliphatic carbocycles. The van der Waals surface area contributed by atoms with Crippen LogP contribution in [0.5, 0.6) is 0 Å². The van der Waals surface area contributed by atoms with Gasteiger partial charge in [0.25, 0.3) is 0 Å². The number of nitrogens with one attached hydrogen (secondary N) is 1. The average Bonchev–Trinajstić information content (AvgIpc) is 2.51. The maximum absolute atomic E-state index is 10.2. The lowest BCUT2D eigenvalue weighted by Crippen LogP contribution is -2.02. The molecule has 0 amide bonds. The first kappa shape index (κ1) is 9.28. The molecule has 1 rings (SSSR count). The normalized spacial score (nSPS) is 9.67. The number of rotatable bonds is 3. The van der Waals surface area contributed by atoms with Crippen molar-refractivity contribution < 1.29 is 9.90 Å². The Morgan fingerprint density at radius 2 is 2.50 bits per heavy atom. The van der Waals surface area contributed by atoms with Gasteiger partial charge in [-0.25, -0.2) is 0 Å². The Balaban J connectivity index is 2.45. The van der Waals surface area contributed by atoms with E-state index in [1.807, 2.05) is 12.1 Å². The number of carboxylic acids is 1. The van der Waals surface area contributed by atoms with Crippen molar-refractivity contribution in [3.05, 3.63) is 24.0 Å². The Bertz CT molecular complexity index is 282. The molecule has 0 atom stereocenters. The molecule has 0 unspecified atom stereocenters. The summed E-state index contributed by atoms with van der Waals surface area (Å²) >= 11 is 6.10. The molecule has 0 radical (unpaired) electrons. The molecule has 0 aliphatic rings. The quantitative estimate of drug-likeness (QED) is 0.728. The lowest BCUT2D eigenvalue weighted by molar-refractivity contribution is -0.133. The predicted octanol–water partition coefficient (Wildman–Crippen LogP) is 1.51. The number of aromatic nitrogens is 1. The third kappa shape index (κ3) is 2.67. The highest BCUT2D eigenvalue weighted by Crippen LogP contribution is 2.11. The maximum atomic E-state index is 10.2. The number of aliphatic carboxylic acids is 1. The molecule has 0 saturated carbocycles. The van der Waals surface area contributed by atoms with Crippen LogP contribution >= 0.6 is 24.0 Å². The Hall–Kier alpha value is -0.810. The van der Waals surface area contributed by atoms with Crippen LogP contribution in [0.15, 0.2) is 18.3 Å². The van der Waals surface area contributed by atoms with E-state index in [-0.39, 0.29) is 5.75 Å². The van der Waals surface area contributed by atoms with Gasteiger partial charge in [0.05, 0.1) is 15.6 Å². The zero-order valence-corrected chi connectivity index (χ0v) is 7.74. The van der Waals surface area contributed by atoms with Gasteiger partial charge in [-0.3, -0.25) is 4.79 Å². The van der Waals surface area contributed by atoms with Gasteiger partial charge in [0.2, 0.25) is 0 Å². The molecule has 0 saturated heterocycles. The summed E-state index contributed by atoms with van der Waals surface area (Å²) in [5, 5.41) is 8.37. The molecule has 64 valence electrons.